The molecule has 0 N–H and O–H groups in total. The second kappa shape index (κ2) is 11.8. The zero-order chi connectivity index (χ0) is 22.0. The molecule has 3 aromatic rings. The molecule has 1 aromatic heterocycles. The maximum absolute atomic E-state index is 5.92. The number of benzene rings is 2. The molecule has 2 heterocycles. The molecule has 0 aliphatic carbocycles. The number of rotatable bonds is 10. The summed E-state index contributed by atoms with van der Waals surface area (Å²) in [5.41, 5.74) is 5.01. The van der Waals surface area contributed by atoms with Crippen LogP contribution in [-0.4, -0.2) is 67.8 Å². The molecule has 1 aliphatic rings. The fourth-order valence-electron chi connectivity index (χ4n) is 4.04. The average molecular weight is 432 g/mol. The minimum atomic E-state index is 0.768. The lowest BCUT2D eigenvalue weighted by Gasteiger charge is -2.34. The maximum atomic E-state index is 5.92. The Kier molecular flexibility index (Phi) is 8.26. The summed E-state index contributed by atoms with van der Waals surface area (Å²) in [7, 11) is 1.71. The number of ether oxygens (including phenoxy) is 2. The second-order valence-electron chi connectivity index (χ2n) is 8.27. The monoisotopic (exact) mass is 431 g/mol. The Labute approximate surface area is 191 Å². The molecule has 0 unspecified atom stereocenters. The van der Waals surface area contributed by atoms with E-state index in [0.29, 0.717) is 0 Å². The molecule has 168 valence electrons. The Morgan fingerprint density at radius 3 is 2.19 bits per heavy atom. The van der Waals surface area contributed by atoms with Crippen LogP contribution in [0.25, 0.3) is 11.1 Å². The van der Waals surface area contributed by atoms with Gasteiger partial charge in [-0.05, 0) is 46.9 Å². The summed E-state index contributed by atoms with van der Waals surface area (Å²) in [6, 6.07) is 21.2. The van der Waals surface area contributed by atoms with Crippen LogP contribution in [0.5, 0.6) is 5.75 Å². The van der Waals surface area contributed by atoms with Crippen LogP contribution in [0.2, 0.25) is 0 Å². The van der Waals surface area contributed by atoms with Gasteiger partial charge in [-0.2, -0.15) is 0 Å². The molecule has 5 nitrogen and oxygen atoms in total. The Bertz CT molecular complexity index is 921. The summed E-state index contributed by atoms with van der Waals surface area (Å²) in [4.78, 5) is 9.22. The van der Waals surface area contributed by atoms with Gasteiger partial charge in [-0.3, -0.25) is 14.8 Å². The highest BCUT2D eigenvalue weighted by Crippen LogP contribution is 2.18. The number of hydrogen-bond donors (Lipinski definition) is 0. The Hall–Kier alpha value is -2.73. The van der Waals surface area contributed by atoms with Gasteiger partial charge in [0.25, 0.3) is 0 Å². The first-order valence-electron chi connectivity index (χ1n) is 11.4. The van der Waals surface area contributed by atoms with Crippen LogP contribution in [0.1, 0.15) is 11.1 Å². The summed E-state index contributed by atoms with van der Waals surface area (Å²) in [6.07, 6.45) is 4.65. The zero-order valence-electron chi connectivity index (χ0n) is 19.0. The second-order valence-corrected chi connectivity index (χ2v) is 8.27. The highest BCUT2D eigenvalue weighted by molar-refractivity contribution is 5.62. The lowest BCUT2D eigenvalue weighted by atomic mass is 10.0. The van der Waals surface area contributed by atoms with E-state index in [0.717, 1.165) is 70.2 Å². The third kappa shape index (κ3) is 6.63. The number of hydrogen-bond acceptors (Lipinski definition) is 5. The summed E-state index contributed by atoms with van der Waals surface area (Å²) >= 11 is 0. The van der Waals surface area contributed by atoms with E-state index < -0.39 is 0 Å². The van der Waals surface area contributed by atoms with Gasteiger partial charge < -0.3 is 9.47 Å². The molecular formula is C27H33N3O2. The SMILES string of the molecule is COc1ccc(CN2CCN(CCOCCc3ccc(-c4cccnc4)cc3)CC2)cc1. The van der Waals surface area contributed by atoms with Crippen molar-refractivity contribution in [3.63, 3.8) is 0 Å². The molecule has 0 amide bonds. The van der Waals surface area contributed by atoms with Gasteiger partial charge in [-0.1, -0.05) is 42.5 Å². The van der Waals surface area contributed by atoms with E-state index in [-0.39, 0.29) is 0 Å². The van der Waals surface area contributed by atoms with Crippen LogP contribution in [0.15, 0.2) is 73.1 Å². The van der Waals surface area contributed by atoms with Gasteiger partial charge >= 0.3 is 0 Å². The predicted octanol–water partition coefficient (Wildman–Crippen LogP) is 4.13. The largest absolute Gasteiger partial charge is 0.497 e. The third-order valence-electron chi connectivity index (χ3n) is 6.07. The minimum absolute atomic E-state index is 0.768. The number of piperazine rings is 1. The minimum Gasteiger partial charge on any atom is -0.497 e. The summed E-state index contributed by atoms with van der Waals surface area (Å²) in [6.45, 7) is 8.01. The molecule has 5 heteroatoms. The standard InChI is InChI=1S/C27H33N3O2/c1-31-27-10-6-24(7-11-27)22-30-16-14-29(15-17-30)18-20-32-19-12-23-4-8-25(9-5-23)26-3-2-13-28-21-26/h2-11,13,21H,12,14-20,22H2,1H3. The first-order chi connectivity index (χ1) is 15.8. The fourth-order valence-corrected chi connectivity index (χ4v) is 4.04. The van der Waals surface area contributed by atoms with Crippen molar-refractivity contribution in [1.29, 1.82) is 0 Å². The Morgan fingerprint density at radius 1 is 0.781 bits per heavy atom. The lowest BCUT2D eigenvalue weighted by Crippen LogP contribution is -2.46. The topological polar surface area (TPSA) is 37.8 Å². The first kappa shape index (κ1) is 22.5. The van der Waals surface area contributed by atoms with Gasteiger partial charge in [0.15, 0.2) is 0 Å². The molecule has 0 bridgehead atoms. The summed E-state index contributed by atoms with van der Waals surface area (Å²) in [5.74, 6) is 0.917. The summed E-state index contributed by atoms with van der Waals surface area (Å²) in [5, 5.41) is 0. The van der Waals surface area contributed by atoms with Crippen molar-refractivity contribution in [2.45, 2.75) is 13.0 Å². The van der Waals surface area contributed by atoms with Gasteiger partial charge in [0, 0.05) is 51.7 Å². The average Bonchev–Trinajstić information content (AvgIpc) is 2.86. The first-order valence-corrected chi connectivity index (χ1v) is 11.4. The molecule has 1 saturated heterocycles. The van der Waals surface area contributed by atoms with Gasteiger partial charge in [-0.15, -0.1) is 0 Å². The van der Waals surface area contributed by atoms with Gasteiger partial charge in [-0.25, -0.2) is 0 Å². The van der Waals surface area contributed by atoms with Crippen molar-refractivity contribution in [2.75, 3.05) is 53.0 Å². The van der Waals surface area contributed by atoms with Crippen LogP contribution < -0.4 is 4.74 Å². The van der Waals surface area contributed by atoms with E-state index in [1.807, 2.05) is 24.4 Å². The molecule has 32 heavy (non-hydrogen) atoms. The molecule has 2 aromatic carbocycles. The Balaban J connectivity index is 1.09. The van der Waals surface area contributed by atoms with Crippen molar-refractivity contribution in [3.8, 4) is 16.9 Å². The molecule has 0 saturated carbocycles. The van der Waals surface area contributed by atoms with Crippen molar-refractivity contribution in [2.24, 2.45) is 0 Å². The third-order valence-corrected chi connectivity index (χ3v) is 6.07. The van der Waals surface area contributed by atoms with Crippen molar-refractivity contribution < 1.29 is 9.47 Å². The van der Waals surface area contributed by atoms with E-state index in [1.54, 1.807) is 13.3 Å². The van der Waals surface area contributed by atoms with E-state index >= 15 is 0 Å². The van der Waals surface area contributed by atoms with Gasteiger partial charge in [0.2, 0.25) is 0 Å². The molecule has 1 fully saturated rings. The lowest BCUT2D eigenvalue weighted by molar-refractivity contribution is 0.0747. The van der Waals surface area contributed by atoms with Crippen LogP contribution in [-0.2, 0) is 17.7 Å². The fraction of sp³-hybridized carbons (Fsp3) is 0.370. The highest BCUT2D eigenvalue weighted by Gasteiger charge is 2.16. The van der Waals surface area contributed by atoms with E-state index in [9.17, 15) is 0 Å². The normalized spacial score (nSPS) is 15.0. The predicted molar refractivity (Wildman–Crippen MR) is 129 cm³/mol. The smallest absolute Gasteiger partial charge is 0.118 e. The zero-order valence-corrected chi connectivity index (χ0v) is 19.0. The Morgan fingerprint density at radius 2 is 1.50 bits per heavy atom. The molecule has 0 spiro atoms. The van der Waals surface area contributed by atoms with E-state index in [1.165, 1.54) is 16.7 Å². The number of aromatic nitrogens is 1. The van der Waals surface area contributed by atoms with Crippen molar-refractivity contribution >= 4 is 0 Å². The van der Waals surface area contributed by atoms with E-state index in [4.69, 9.17) is 9.47 Å². The van der Waals surface area contributed by atoms with Crippen LogP contribution in [0.3, 0.4) is 0 Å². The van der Waals surface area contributed by atoms with Gasteiger partial charge in [0.05, 0.1) is 20.3 Å². The molecule has 4 rings (SSSR count). The van der Waals surface area contributed by atoms with Crippen molar-refractivity contribution in [3.05, 3.63) is 84.2 Å². The van der Waals surface area contributed by atoms with Crippen LogP contribution >= 0.6 is 0 Å². The maximum Gasteiger partial charge on any atom is 0.118 e. The number of nitrogens with zero attached hydrogens (tertiary/aromatic N) is 3. The van der Waals surface area contributed by atoms with Crippen LogP contribution in [0, 0.1) is 0 Å². The number of pyridine rings is 1. The molecular weight excluding hydrogens is 398 g/mol. The molecule has 0 radical (unpaired) electrons. The van der Waals surface area contributed by atoms with Crippen molar-refractivity contribution in [1.82, 2.24) is 14.8 Å². The van der Waals surface area contributed by atoms with E-state index in [2.05, 4.69) is 57.2 Å². The quantitative estimate of drug-likeness (QED) is 0.451. The highest BCUT2D eigenvalue weighted by atomic mass is 16.5. The summed E-state index contributed by atoms with van der Waals surface area (Å²) < 4.78 is 11.2. The molecule has 0 atom stereocenters. The number of methoxy groups -OCH3 is 1. The molecule has 1 aliphatic heterocycles. The van der Waals surface area contributed by atoms with Crippen LogP contribution in [0.4, 0.5) is 0 Å². The van der Waals surface area contributed by atoms with Gasteiger partial charge in [0.1, 0.15) is 5.75 Å².